The van der Waals surface area contributed by atoms with Crippen LogP contribution in [0.1, 0.15) is 56.2 Å². The Kier molecular flexibility index (Phi) is 9.34. The van der Waals surface area contributed by atoms with Gasteiger partial charge in [0.15, 0.2) is 5.76 Å². The van der Waals surface area contributed by atoms with Gasteiger partial charge < -0.3 is 20.1 Å². The molecular weight excluding hydrogens is 602 g/mol. The summed E-state index contributed by atoms with van der Waals surface area (Å²) >= 11 is 0. The monoisotopic (exact) mass is 645 g/mol. The number of rotatable bonds is 7. The molecule has 3 N–H and O–H groups in total. The summed E-state index contributed by atoms with van der Waals surface area (Å²) in [5.74, 6) is 1.54. The summed E-state index contributed by atoms with van der Waals surface area (Å²) in [5, 5.41) is 18.2. The Bertz CT molecular complexity index is 1880. The third-order valence-electron chi connectivity index (χ3n) is 8.82. The second-order valence-corrected chi connectivity index (χ2v) is 13.5. The van der Waals surface area contributed by atoms with Gasteiger partial charge in [0.2, 0.25) is 0 Å². The minimum Gasteiger partial charge on any atom is -0.359 e. The van der Waals surface area contributed by atoms with Crippen LogP contribution < -0.4 is 16.0 Å². The lowest BCUT2D eigenvalue weighted by Gasteiger charge is -2.32. The van der Waals surface area contributed by atoms with Crippen molar-refractivity contribution < 1.29 is 14.1 Å². The lowest BCUT2D eigenvalue weighted by atomic mass is 9.89. The number of aryl methyl sites for hydroxylation is 2. The van der Waals surface area contributed by atoms with Gasteiger partial charge in [-0.05, 0) is 62.8 Å². The summed E-state index contributed by atoms with van der Waals surface area (Å²) in [4.78, 5) is 28.5. The normalized spacial score (nSPS) is 13.7. The molecule has 48 heavy (non-hydrogen) atoms. The zero-order valence-electron chi connectivity index (χ0n) is 28.2. The van der Waals surface area contributed by atoms with E-state index >= 15 is 0 Å². The van der Waals surface area contributed by atoms with Crippen LogP contribution >= 0.6 is 0 Å². The molecule has 10 nitrogen and oxygen atoms in total. The summed E-state index contributed by atoms with van der Waals surface area (Å²) in [6.45, 7) is 11.4. The van der Waals surface area contributed by atoms with E-state index < -0.39 is 0 Å². The standard InChI is InChI=1S/C38H43N7O3/c1-25-15-17-30(18-16-25)45-33(24-32(42-45)38(3,4)5)40-36(46)39-31-14-10-9-13-29(31)23-27-19-21-44(22-20-27)37(47)41-34-26(2)48-43-35(34)28-11-7-6-8-12-28/h6-18,24,27H,19-23H2,1-5H3,(H,41,47)(H2,39,40,46). The molecular formula is C38H43N7O3. The third-order valence-corrected chi connectivity index (χ3v) is 8.82. The Balaban J connectivity index is 1.08. The fraction of sp³-hybridized carbons (Fsp3) is 0.316. The number of carbonyl (C=O) groups is 2. The summed E-state index contributed by atoms with van der Waals surface area (Å²) in [7, 11) is 0. The number of urea groups is 2. The number of anilines is 3. The molecule has 1 aliphatic heterocycles. The number of piperidine rings is 1. The Labute approximate surface area is 281 Å². The molecule has 4 amide bonds. The van der Waals surface area contributed by atoms with Gasteiger partial charge in [-0.1, -0.05) is 92.2 Å². The maximum Gasteiger partial charge on any atom is 0.324 e. The average molecular weight is 646 g/mol. The van der Waals surface area contributed by atoms with E-state index in [1.165, 1.54) is 0 Å². The van der Waals surface area contributed by atoms with Gasteiger partial charge in [-0.25, -0.2) is 14.3 Å². The quantitative estimate of drug-likeness (QED) is 0.164. The molecule has 0 radical (unpaired) electrons. The van der Waals surface area contributed by atoms with E-state index in [0.717, 1.165) is 53.0 Å². The minimum absolute atomic E-state index is 0.157. The molecule has 10 heteroatoms. The van der Waals surface area contributed by atoms with E-state index in [2.05, 4.69) is 47.9 Å². The zero-order chi connectivity index (χ0) is 33.8. The second-order valence-electron chi connectivity index (χ2n) is 13.5. The first-order valence-electron chi connectivity index (χ1n) is 16.5. The molecule has 3 heterocycles. The Morgan fingerprint density at radius 3 is 2.27 bits per heavy atom. The number of hydrogen-bond donors (Lipinski definition) is 3. The summed E-state index contributed by atoms with van der Waals surface area (Å²) in [6.07, 6.45) is 2.51. The molecule has 5 aromatic rings. The number of benzene rings is 3. The molecule has 2 aromatic heterocycles. The molecule has 0 unspecified atom stereocenters. The van der Waals surface area contributed by atoms with Crippen molar-refractivity contribution in [3.63, 3.8) is 0 Å². The van der Waals surface area contributed by atoms with Crippen LogP contribution in [0.3, 0.4) is 0 Å². The van der Waals surface area contributed by atoms with Crippen molar-refractivity contribution in [1.29, 1.82) is 0 Å². The highest BCUT2D eigenvalue weighted by molar-refractivity contribution is 6.00. The van der Waals surface area contributed by atoms with Crippen LogP contribution in [0.5, 0.6) is 0 Å². The van der Waals surface area contributed by atoms with Gasteiger partial charge >= 0.3 is 12.1 Å². The Hall–Kier alpha value is -5.38. The first-order valence-corrected chi connectivity index (χ1v) is 16.5. The number of amides is 4. The number of nitrogens with zero attached hydrogens (tertiary/aromatic N) is 4. The fourth-order valence-corrected chi connectivity index (χ4v) is 5.96. The van der Waals surface area contributed by atoms with Crippen LogP contribution in [-0.4, -0.2) is 45.0 Å². The summed E-state index contributed by atoms with van der Waals surface area (Å²) in [6, 6.07) is 27.1. The number of aromatic nitrogens is 3. The number of nitrogens with one attached hydrogen (secondary N) is 3. The van der Waals surface area contributed by atoms with E-state index in [0.29, 0.717) is 42.0 Å². The van der Waals surface area contributed by atoms with Gasteiger partial charge in [0, 0.05) is 35.8 Å². The lowest BCUT2D eigenvalue weighted by molar-refractivity contribution is 0.182. The molecule has 3 aromatic carbocycles. The van der Waals surface area contributed by atoms with Crippen LogP contribution in [0, 0.1) is 19.8 Å². The van der Waals surface area contributed by atoms with Crippen LogP contribution in [0.4, 0.5) is 26.8 Å². The molecule has 0 saturated carbocycles. The molecule has 1 fully saturated rings. The first kappa shape index (κ1) is 32.6. The van der Waals surface area contributed by atoms with Crippen molar-refractivity contribution in [1.82, 2.24) is 19.8 Å². The van der Waals surface area contributed by atoms with E-state index in [9.17, 15) is 9.59 Å². The molecule has 0 aliphatic carbocycles. The topological polar surface area (TPSA) is 117 Å². The van der Waals surface area contributed by atoms with Crippen LogP contribution in [-0.2, 0) is 11.8 Å². The Morgan fingerprint density at radius 1 is 0.875 bits per heavy atom. The highest BCUT2D eigenvalue weighted by Gasteiger charge is 2.26. The molecule has 0 bridgehead atoms. The van der Waals surface area contributed by atoms with E-state index in [1.807, 2.05) is 90.7 Å². The van der Waals surface area contributed by atoms with Crippen molar-refractivity contribution in [2.75, 3.05) is 29.0 Å². The maximum atomic E-state index is 13.4. The highest BCUT2D eigenvalue weighted by atomic mass is 16.5. The van der Waals surface area contributed by atoms with Crippen molar-refractivity contribution in [2.45, 2.75) is 59.3 Å². The van der Waals surface area contributed by atoms with Gasteiger partial charge in [-0.3, -0.25) is 5.32 Å². The Morgan fingerprint density at radius 2 is 1.56 bits per heavy atom. The fourth-order valence-electron chi connectivity index (χ4n) is 5.96. The first-order chi connectivity index (χ1) is 23.0. The average Bonchev–Trinajstić information content (AvgIpc) is 3.66. The van der Waals surface area contributed by atoms with Gasteiger partial charge in [0.25, 0.3) is 0 Å². The molecule has 0 atom stereocenters. The lowest BCUT2D eigenvalue weighted by Crippen LogP contribution is -2.41. The smallest absolute Gasteiger partial charge is 0.324 e. The van der Waals surface area contributed by atoms with Crippen LogP contribution in [0.15, 0.2) is 89.5 Å². The minimum atomic E-state index is -0.332. The molecule has 248 valence electrons. The van der Waals surface area contributed by atoms with E-state index in [4.69, 9.17) is 9.62 Å². The van der Waals surface area contributed by atoms with E-state index in [-0.39, 0.29) is 17.5 Å². The number of para-hydroxylation sites is 1. The molecule has 0 spiro atoms. The molecule has 1 aliphatic rings. The van der Waals surface area contributed by atoms with Crippen molar-refractivity contribution in [3.05, 3.63) is 108 Å². The zero-order valence-corrected chi connectivity index (χ0v) is 28.2. The van der Waals surface area contributed by atoms with Gasteiger partial charge in [0.1, 0.15) is 17.2 Å². The number of carbonyl (C=O) groups excluding carboxylic acids is 2. The largest absolute Gasteiger partial charge is 0.359 e. The SMILES string of the molecule is Cc1ccc(-n2nc(C(C)(C)C)cc2NC(=O)Nc2ccccc2CC2CCN(C(=O)Nc3c(-c4ccccc4)noc3C)CC2)cc1. The third kappa shape index (κ3) is 7.43. The van der Waals surface area contributed by atoms with E-state index in [1.54, 1.807) is 11.6 Å². The predicted octanol–water partition coefficient (Wildman–Crippen LogP) is 8.57. The number of hydrogen-bond acceptors (Lipinski definition) is 5. The summed E-state index contributed by atoms with van der Waals surface area (Å²) in [5.41, 5.74) is 6.66. The summed E-state index contributed by atoms with van der Waals surface area (Å²) < 4.78 is 7.20. The van der Waals surface area contributed by atoms with Gasteiger partial charge in [-0.2, -0.15) is 5.10 Å². The highest BCUT2D eigenvalue weighted by Crippen LogP contribution is 2.32. The van der Waals surface area contributed by atoms with Gasteiger partial charge in [-0.15, -0.1) is 0 Å². The second kappa shape index (κ2) is 13.8. The maximum absolute atomic E-state index is 13.4. The van der Waals surface area contributed by atoms with Crippen molar-refractivity contribution in [3.8, 4) is 16.9 Å². The number of likely N-dealkylation sites (tertiary alicyclic amines) is 1. The van der Waals surface area contributed by atoms with Crippen LogP contribution in [0.25, 0.3) is 16.9 Å². The predicted molar refractivity (Wildman–Crippen MR) is 190 cm³/mol. The van der Waals surface area contributed by atoms with Crippen LogP contribution in [0.2, 0.25) is 0 Å². The van der Waals surface area contributed by atoms with Crippen molar-refractivity contribution >= 4 is 29.3 Å². The molecule has 1 saturated heterocycles. The van der Waals surface area contributed by atoms with Crippen molar-refractivity contribution in [2.24, 2.45) is 5.92 Å². The molecule has 6 rings (SSSR count). The van der Waals surface area contributed by atoms with Gasteiger partial charge in [0.05, 0.1) is 11.4 Å².